The van der Waals surface area contributed by atoms with Crippen LogP contribution in [0.3, 0.4) is 0 Å². The molecule has 14 heavy (non-hydrogen) atoms. The summed E-state index contributed by atoms with van der Waals surface area (Å²) < 4.78 is 25.6. The highest BCUT2D eigenvalue weighted by atomic mass is 19.2. The Morgan fingerprint density at radius 1 is 1.14 bits per heavy atom. The third kappa shape index (κ3) is 1.24. The number of phenols is 2. The van der Waals surface area contributed by atoms with Crippen LogP contribution in [-0.4, -0.2) is 21.3 Å². The molecule has 1 aromatic rings. The summed E-state index contributed by atoms with van der Waals surface area (Å²) in [5, 5.41) is 26.4. The molecule has 0 radical (unpaired) electrons. The lowest BCUT2D eigenvalue weighted by atomic mass is 10.1. The van der Waals surface area contributed by atoms with E-state index >= 15 is 0 Å². The second kappa shape index (κ2) is 3.13. The molecule has 0 heterocycles. The lowest BCUT2D eigenvalue weighted by Crippen LogP contribution is -2.04. The van der Waals surface area contributed by atoms with E-state index in [2.05, 4.69) is 0 Å². The van der Waals surface area contributed by atoms with Crippen LogP contribution in [-0.2, 0) is 0 Å². The molecule has 76 valence electrons. The topological polar surface area (TPSA) is 77.8 Å². The number of rotatable bonds is 1. The van der Waals surface area contributed by atoms with Crippen LogP contribution in [0.1, 0.15) is 15.9 Å². The largest absolute Gasteiger partial charge is 0.504 e. The number of aromatic carboxylic acids is 1. The molecule has 0 saturated carbocycles. The number of phenolic OH excluding ortho intramolecular Hbond substituents is 1. The SMILES string of the molecule is Cc1c(F)c(F)c(O)c(O)c1C(=O)O. The number of carbonyl (C=O) groups is 1. The molecule has 0 unspecified atom stereocenters. The molecular formula is C8H6F2O4. The van der Waals surface area contributed by atoms with Gasteiger partial charge < -0.3 is 15.3 Å². The Morgan fingerprint density at radius 3 is 2.07 bits per heavy atom. The van der Waals surface area contributed by atoms with Gasteiger partial charge in [-0.1, -0.05) is 0 Å². The maximum Gasteiger partial charge on any atom is 0.340 e. The van der Waals surface area contributed by atoms with Gasteiger partial charge >= 0.3 is 5.97 Å². The highest BCUT2D eigenvalue weighted by Gasteiger charge is 2.25. The van der Waals surface area contributed by atoms with Gasteiger partial charge in [0.1, 0.15) is 5.56 Å². The van der Waals surface area contributed by atoms with E-state index in [0.717, 1.165) is 6.92 Å². The van der Waals surface area contributed by atoms with Gasteiger partial charge in [0.2, 0.25) is 5.82 Å². The van der Waals surface area contributed by atoms with Crippen LogP contribution in [0.2, 0.25) is 0 Å². The van der Waals surface area contributed by atoms with Crippen molar-refractivity contribution in [1.82, 2.24) is 0 Å². The molecule has 0 aliphatic carbocycles. The number of hydrogen-bond acceptors (Lipinski definition) is 3. The Morgan fingerprint density at radius 2 is 1.64 bits per heavy atom. The monoisotopic (exact) mass is 204 g/mol. The number of halogens is 2. The standard InChI is InChI=1S/C8H6F2O4/c1-2-3(8(13)14)6(11)7(12)5(10)4(2)9/h11-12H,1H3,(H,13,14). The maximum atomic E-state index is 12.9. The van der Waals surface area contributed by atoms with Crippen molar-refractivity contribution in [2.75, 3.05) is 0 Å². The predicted molar refractivity (Wildman–Crippen MR) is 41.4 cm³/mol. The summed E-state index contributed by atoms with van der Waals surface area (Å²) in [6.07, 6.45) is 0. The zero-order valence-electron chi connectivity index (χ0n) is 7.01. The fourth-order valence-electron chi connectivity index (χ4n) is 1.04. The third-order valence-corrected chi connectivity index (χ3v) is 1.78. The number of carboxylic acids is 1. The van der Waals surface area contributed by atoms with Crippen LogP contribution in [0.4, 0.5) is 8.78 Å². The molecule has 1 rings (SSSR count). The van der Waals surface area contributed by atoms with Gasteiger partial charge in [-0.25, -0.2) is 9.18 Å². The summed E-state index contributed by atoms with van der Waals surface area (Å²) >= 11 is 0. The van der Waals surface area contributed by atoms with Crippen LogP contribution in [0.25, 0.3) is 0 Å². The predicted octanol–water partition coefficient (Wildman–Crippen LogP) is 1.38. The number of benzene rings is 1. The van der Waals surface area contributed by atoms with Crippen molar-refractivity contribution >= 4 is 5.97 Å². The van der Waals surface area contributed by atoms with Crippen LogP contribution in [0.5, 0.6) is 11.5 Å². The van der Waals surface area contributed by atoms with E-state index in [1.54, 1.807) is 0 Å². The molecule has 0 spiro atoms. The lowest BCUT2D eigenvalue weighted by Gasteiger charge is -2.08. The summed E-state index contributed by atoms with van der Waals surface area (Å²) in [5.41, 5.74) is -1.41. The first-order chi connectivity index (χ1) is 6.37. The zero-order valence-corrected chi connectivity index (χ0v) is 7.01. The van der Waals surface area contributed by atoms with E-state index in [1.807, 2.05) is 0 Å². The molecule has 6 heteroatoms. The van der Waals surface area contributed by atoms with E-state index < -0.39 is 40.2 Å². The summed E-state index contributed by atoms with van der Waals surface area (Å²) in [7, 11) is 0. The van der Waals surface area contributed by atoms with Crippen LogP contribution < -0.4 is 0 Å². The fraction of sp³-hybridized carbons (Fsp3) is 0.125. The van der Waals surface area contributed by atoms with E-state index in [0.29, 0.717) is 0 Å². The quantitative estimate of drug-likeness (QED) is 0.604. The molecular weight excluding hydrogens is 198 g/mol. The Kier molecular flexibility index (Phi) is 2.29. The molecule has 0 fully saturated rings. The Labute approximate surface area is 77.0 Å². The molecule has 0 bridgehead atoms. The first-order valence-electron chi connectivity index (χ1n) is 3.50. The van der Waals surface area contributed by atoms with Crippen molar-refractivity contribution in [2.24, 2.45) is 0 Å². The zero-order chi connectivity index (χ0) is 11.0. The molecule has 0 amide bonds. The van der Waals surface area contributed by atoms with E-state index in [9.17, 15) is 13.6 Å². The fourth-order valence-corrected chi connectivity index (χ4v) is 1.04. The average molecular weight is 204 g/mol. The molecule has 0 aromatic heterocycles. The van der Waals surface area contributed by atoms with E-state index in [-0.39, 0.29) is 0 Å². The molecule has 0 aliphatic rings. The number of aromatic hydroxyl groups is 2. The second-order valence-electron chi connectivity index (χ2n) is 2.63. The maximum absolute atomic E-state index is 12.9. The third-order valence-electron chi connectivity index (χ3n) is 1.78. The minimum absolute atomic E-state index is 0.565. The van der Waals surface area contributed by atoms with Crippen molar-refractivity contribution in [1.29, 1.82) is 0 Å². The summed E-state index contributed by atoms with van der Waals surface area (Å²) in [6.45, 7) is 0.987. The molecule has 3 N–H and O–H groups in total. The van der Waals surface area contributed by atoms with Gasteiger partial charge in [0.15, 0.2) is 17.3 Å². The second-order valence-corrected chi connectivity index (χ2v) is 2.63. The van der Waals surface area contributed by atoms with Crippen molar-refractivity contribution in [2.45, 2.75) is 6.92 Å². The summed E-state index contributed by atoms with van der Waals surface area (Å²) in [4.78, 5) is 10.5. The van der Waals surface area contributed by atoms with Gasteiger partial charge in [-0.15, -0.1) is 0 Å². The minimum Gasteiger partial charge on any atom is -0.504 e. The van der Waals surface area contributed by atoms with Gasteiger partial charge in [-0.2, -0.15) is 4.39 Å². The molecule has 0 atom stereocenters. The number of hydrogen-bond donors (Lipinski definition) is 3. The highest BCUT2D eigenvalue weighted by Crippen LogP contribution is 2.36. The van der Waals surface area contributed by atoms with Crippen LogP contribution in [0, 0.1) is 18.6 Å². The Hall–Kier alpha value is -1.85. The van der Waals surface area contributed by atoms with Crippen LogP contribution >= 0.6 is 0 Å². The number of carboxylic acid groups (broad SMARTS) is 1. The van der Waals surface area contributed by atoms with Crippen LogP contribution in [0.15, 0.2) is 0 Å². The van der Waals surface area contributed by atoms with Gasteiger partial charge in [0.25, 0.3) is 0 Å². The Bertz CT molecular complexity index is 385. The Balaban J connectivity index is 3.68. The van der Waals surface area contributed by atoms with Crippen molar-refractivity contribution in [3.63, 3.8) is 0 Å². The first-order valence-corrected chi connectivity index (χ1v) is 3.50. The van der Waals surface area contributed by atoms with Gasteiger partial charge in [0.05, 0.1) is 0 Å². The minimum atomic E-state index is -1.66. The highest BCUT2D eigenvalue weighted by molar-refractivity contribution is 5.93. The van der Waals surface area contributed by atoms with E-state index in [4.69, 9.17) is 15.3 Å². The molecule has 0 saturated heterocycles. The van der Waals surface area contributed by atoms with Gasteiger partial charge in [0, 0.05) is 5.56 Å². The normalized spacial score (nSPS) is 10.2. The van der Waals surface area contributed by atoms with Gasteiger partial charge in [-0.3, -0.25) is 0 Å². The molecule has 4 nitrogen and oxygen atoms in total. The summed E-state index contributed by atoms with van der Waals surface area (Å²) in [5.74, 6) is -7.36. The average Bonchev–Trinajstić information content (AvgIpc) is 2.11. The van der Waals surface area contributed by atoms with Crippen molar-refractivity contribution < 1.29 is 28.9 Å². The smallest absolute Gasteiger partial charge is 0.340 e. The van der Waals surface area contributed by atoms with Crippen molar-refractivity contribution in [3.05, 3.63) is 22.8 Å². The molecule has 0 aliphatic heterocycles. The van der Waals surface area contributed by atoms with Crippen molar-refractivity contribution in [3.8, 4) is 11.5 Å². The van der Waals surface area contributed by atoms with Gasteiger partial charge in [-0.05, 0) is 6.92 Å². The lowest BCUT2D eigenvalue weighted by molar-refractivity contribution is 0.0691. The first kappa shape index (κ1) is 10.2. The summed E-state index contributed by atoms with van der Waals surface area (Å²) in [6, 6.07) is 0. The van der Waals surface area contributed by atoms with E-state index in [1.165, 1.54) is 0 Å². The molecule has 1 aromatic carbocycles.